The number of rotatable bonds is 12. The molecule has 0 spiro atoms. The van der Waals surface area contributed by atoms with E-state index in [1.54, 1.807) is 7.11 Å². The largest absolute Gasteiger partial charge is 0.382 e. The quantitative estimate of drug-likeness (QED) is 0.546. The molecule has 0 heterocycles. The fraction of sp³-hybridized carbons (Fsp3) is 1.00. The molecule has 0 aromatic carbocycles. The smallest absolute Gasteiger partial charge is 0.0700 e. The summed E-state index contributed by atoms with van der Waals surface area (Å²) in [7, 11) is 1.71. The normalized spacial score (nSPS) is 15.0. The number of ether oxygens (including phenoxy) is 2. The van der Waals surface area contributed by atoms with E-state index in [2.05, 4.69) is 33.0 Å². The molecule has 1 atom stereocenters. The van der Waals surface area contributed by atoms with Crippen LogP contribution < -0.4 is 5.32 Å². The van der Waals surface area contributed by atoms with Gasteiger partial charge in [0.25, 0.3) is 0 Å². The van der Waals surface area contributed by atoms with Gasteiger partial charge in [-0.2, -0.15) is 0 Å². The highest BCUT2D eigenvalue weighted by molar-refractivity contribution is 4.77. The fourth-order valence-corrected chi connectivity index (χ4v) is 2.20. The summed E-state index contributed by atoms with van der Waals surface area (Å²) in [6.45, 7) is 12.4. The standard InChI is InChI=1S/C15H33NO2/c1-6-8-15(4,13-16-14(2)3)9-7-10-18-12-11-17-5/h14,16H,6-13H2,1-5H3. The van der Waals surface area contributed by atoms with Crippen LogP contribution in [0.25, 0.3) is 0 Å². The van der Waals surface area contributed by atoms with Crippen LogP contribution in [-0.4, -0.2) is 39.5 Å². The van der Waals surface area contributed by atoms with Crippen molar-refractivity contribution in [3.05, 3.63) is 0 Å². The van der Waals surface area contributed by atoms with Gasteiger partial charge >= 0.3 is 0 Å². The molecule has 110 valence electrons. The Kier molecular flexibility index (Phi) is 10.7. The second-order valence-electron chi connectivity index (χ2n) is 5.80. The molecule has 0 saturated heterocycles. The predicted octanol–water partition coefficient (Wildman–Crippen LogP) is 3.23. The summed E-state index contributed by atoms with van der Waals surface area (Å²) in [5.41, 5.74) is 0.406. The summed E-state index contributed by atoms with van der Waals surface area (Å²) in [6.07, 6.45) is 4.90. The van der Waals surface area contributed by atoms with Crippen molar-refractivity contribution in [2.75, 3.05) is 33.5 Å². The molecule has 0 aliphatic carbocycles. The number of methoxy groups -OCH3 is 1. The maximum absolute atomic E-state index is 5.53. The van der Waals surface area contributed by atoms with Crippen molar-refractivity contribution in [1.82, 2.24) is 5.32 Å². The lowest BCUT2D eigenvalue weighted by atomic mass is 9.81. The maximum Gasteiger partial charge on any atom is 0.0700 e. The van der Waals surface area contributed by atoms with E-state index >= 15 is 0 Å². The second kappa shape index (κ2) is 10.8. The monoisotopic (exact) mass is 259 g/mol. The van der Waals surface area contributed by atoms with E-state index in [-0.39, 0.29) is 0 Å². The van der Waals surface area contributed by atoms with Gasteiger partial charge in [-0.15, -0.1) is 0 Å². The Morgan fingerprint density at radius 1 is 1.11 bits per heavy atom. The average molecular weight is 259 g/mol. The molecule has 0 bridgehead atoms. The predicted molar refractivity (Wildman–Crippen MR) is 78.1 cm³/mol. The minimum atomic E-state index is 0.406. The number of nitrogens with one attached hydrogen (secondary N) is 1. The van der Waals surface area contributed by atoms with Crippen molar-refractivity contribution < 1.29 is 9.47 Å². The highest BCUT2D eigenvalue weighted by Gasteiger charge is 2.22. The molecule has 1 unspecified atom stereocenters. The average Bonchev–Trinajstić information content (AvgIpc) is 2.32. The maximum atomic E-state index is 5.53. The van der Waals surface area contributed by atoms with Crippen LogP contribution in [0.5, 0.6) is 0 Å². The van der Waals surface area contributed by atoms with Crippen LogP contribution in [0.2, 0.25) is 0 Å². The van der Waals surface area contributed by atoms with Crippen molar-refractivity contribution in [2.24, 2.45) is 5.41 Å². The molecule has 0 aromatic rings. The van der Waals surface area contributed by atoms with Gasteiger partial charge in [0.2, 0.25) is 0 Å². The molecule has 0 fully saturated rings. The first-order valence-electron chi connectivity index (χ1n) is 7.34. The zero-order valence-electron chi connectivity index (χ0n) is 13.1. The minimum Gasteiger partial charge on any atom is -0.382 e. The molecule has 0 aliphatic heterocycles. The molecule has 0 amide bonds. The van der Waals surface area contributed by atoms with Crippen molar-refractivity contribution in [1.29, 1.82) is 0 Å². The lowest BCUT2D eigenvalue weighted by Crippen LogP contribution is -2.36. The first-order valence-corrected chi connectivity index (χ1v) is 7.34. The van der Waals surface area contributed by atoms with E-state index in [0.717, 1.165) is 19.6 Å². The third kappa shape index (κ3) is 9.86. The highest BCUT2D eigenvalue weighted by atomic mass is 16.5. The lowest BCUT2D eigenvalue weighted by Gasteiger charge is -2.31. The van der Waals surface area contributed by atoms with Crippen molar-refractivity contribution in [3.63, 3.8) is 0 Å². The van der Waals surface area contributed by atoms with Crippen LogP contribution in [0.4, 0.5) is 0 Å². The number of hydrogen-bond acceptors (Lipinski definition) is 3. The Morgan fingerprint density at radius 3 is 2.39 bits per heavy atom. The van der Waals surface area contributed by atoms with Gasteiger partial charge in [-0.3, -0.25) is 0 Å². The van der Waals surface area contributed by atoms with Crippen molar-refractivity contribution in [2.45, 2.75) is 59.4 Å². The topological polar surface area (TPSA) is 30.5 Å². The van der Waals surface area contributed by atoms with Gasteiger partial charge in [-0.05, 0) is 24.7 Å². The third-order valence-electron chi connectivity index (χ3n) is 3.29. The molecule has 1 N–H and O–H groups in total. The van der Waals surface area contributed by atoms with E-state index in [9.17, 15) is 0 Å². The van der Waals surface area contributed by atoms with Crippen molar-refractivity contribution in [3.8, 4) is 0 Å². The molecule has 0 saturated carbocycles. The molecule has 0 radical (unpaired) electrons. The van der Waals surface area contributed by atoms with Crippen LogP contribution in [-0.2, 0) is 9.47 Å². The Balaban J connectivity index is 3.79. The summed E-state index contributed by atoms with van der Waals surface area (Å²) in [4.78, 5) is 0. The molecule has 0 rings (SSSR count). The van der Waals surface area contributed by atoms with E-state index in [4.69, 9.17) is 9.47 Å². The molecule has 18 heavy (non-hydrogen) atoms. The van der Waals surface area contributed by atoms with Gasteiger partial charge in [0.15, 0.2) is 0 Å². The summed E-state index contributed by atoms with van der Waals surface area (Å²) < 4.78 is 10.5. The van der Waals surface area contributed by atoms with Crippen LogP contribution in [0.1, 0.15) is 53.4 Å². The lowest BCUT2D eigenvalue weighted by molar-refractivity contribution is 0.0634. The molecule has 0 aliphatic rings. The van der Waals surface area contributed by atoms with Gasteiger partial charge in [0.05, 0.1) is 13.2 Å². The van der Waals surface area contributed by atoms with Crippen molar-refractivity contribution >= 4 is 0 Å². The Hall–Kier alpha value is -0.120. The van der Waals surface area contributed by atoms with E-state index in [0.29, 0.717) is 24.7 Å². The molecule has 3 heteroatoms. The Bertz CT molecular complexity index is 185. The SMILES string of the molecule is CCCC(C)(CCCOCCOC)CNC(C)C. The highest BCUT2D eigenvalue weighted by Crippen LogP contribution is 2.28. The van der Waals surface area contributed by atoms with Gasteiger partial charge < -0.3 is 14.8 Å². The fourth-order valence-electron chi connectivity index (χ4n) is 2.20. The summed E-state index contributed by atoms with van der Waals surface area (Å²) in [5, 5.41) is 3.57. The third-order valence-corrected chi connectivity index (χ3v) is 3.29. The first-order chi connectivity index (χ1) is 8.54. The van der Waals surface area contributed by atoms with Gasteiger partial charge in [0.1, 0.15) is 0 Å². The van der Waals surface area contributed by atoms with Crippen LogP contribution in [0.15, 0.2) is 0 Å². The van der Waals surface area contributed by atoms with E-state index < -0.39 is 0 Å². The first kappa shape index (κ1) is 17.9. The summed E-state index contributed by atoms with van der Waals surface area (Å²) in [5.74, 6) is 0. The Morgan fingerprint density at radius 2 is 1.83 bits per heavy atom. The zero-order chi connectivity index (χ0) is 13.9. The minimum absolute atomic E-state index is 0.406. The number of hydrogen-bond donors (Lipinski definition) is 1. The van der Waals surface area contributed by atoms with Crippen LogP contribution in [0, 0.1) is 5.41 Å². The zero-order valence-corrected chi connectivity index (χ0v) is 13.1. The molecular formula is C15H33NO2. The summed E-state index contributed by atoms with van der Waals surface area (Å²) in [6, 6.07) is 0.569. The molecule has 0 aromatic heterocycles. The van der Waals surface area contributed by atoms with Gasteiger partial charge in [-0.1, -0.05) is 34.1 Å². The summed E-state index contributed by atoms with van der Waals surface area (Å²) >= 11 is 0. The van der Waals surface area contributed by atoms with Crippen LogP contribution >= 0.6 is 0 Å². The van der Waals surface area contributed by atoms with Gasteiger partial charge in [-0.25, -0.2) is 0 Å². The molecular weight excluding hydrogens is 226 g/mol. The second-order valence-corrected chi connectivity index (χ2v) is 5.80. The van der Waals surface area contributed by atoms with Crippen LogP contribution in [0.3, 0.4) is 0 Å². The van der Waals surface area contributed by atoms with E-state index in [1.807, 2.05) is 0 Å². The van der Waals surface area contributed by atoms with E-state index in [1.165, 1.54) is 19.3 Å². The van der Waals surface area contributed by atoms with Gasteiger partial charge in [0, 0.05) is 26.3 Å². The molecule has 3 nitrogen and oxygen atoms in total. The Labute approximate surface area is 114 Å².